The molecule has 1 aliphatic rings. The van der Waals surface area contributed by atoms with E-state index in [4.69, 9.17) is 0 Å². The zero-order chi connectivity index (χ0) is 13.8. The van der Waals surface area contributed by atoms with Crippen molar-refractivity contribution in [1.29, 1.82) is 0 Å². The lowest BCUT2D eigenvalue weighted by molar-refractivity contribution is -0.131. The van der Waals surface area contributed by atoms with Gasteiger partial charge >= 0.3 is 0 Å². The lowest BCUT2D eigenvalue weighted by Gasteiger charge is -2.33. The first-order chi connectivity index (χ1) is 9.08. The molecule has 0 aromatic heterocycles. The van der Waals surface area contributed by atoms with Gasteiger partial charge in [-0.15, -0.1) is 0 Å². The summed E-state index contributed by atoms with van der Waals surface area (Å²) in [6, 6.07) is 7.05. The molecule has 4 heteroatoms. The van der Waals surface area contributed by atoms with Crippen molar-refractivity contribution in [2.45, 2.75) is 31.0 Å². The number of benzene rings is 1. The van der Waals surface area contributed by atoms with Crippen molar-refractivity contribution in [3.8, 4) is 5.75 Å². The molecule has 1 aliphatic heterocycles. The number of hydrogen-bond acceptors (Lipinski definition) is 2. The summed E-state index contributed by atoms with van der Waals surface area (Å²) in [7, 11) is 0. The first-order valence-electron chi connectivity index (χ1n) is 6.76. The molecule has 0 bridgehead atoms. The fourth-order valence-corrected chi connectivity index (χ4v) is 3.07. The third kappa shape index (κ3) is 3.72. The molecule has 0 radical (unpaired) electrons. The van der Waals surface area contributed by atoms with Gasteiger partial charge < -0.3 is 10.0 Å². The molecule has 1 N–H and O–H groups in total. The van der Waals surface area contributed by atoms with Gasteiger partial charge in [-0.25, -0.2) is 0 Å². The number of aromatic hydroxyl groups is 1. The molecular formula is C15H20BrNO2. The molecule has 0 saturated carbocycles. The summed E-state index contributed by atoms with van der Waals surface area (Å²) < 4.78 is 0. The van der Waals surface area contributed by atoms with Crippen molar-refractivity contribution >= 4 is 21.8 Å². The van der Waals surface area contributed by atoms with Crippen LogP contribution in [0.5, 0.6) is 5.75 Å². The van der Waals surface area contributed by atoms with Gasteiger partial charge in [-0.1, -0.05) is 41.1 Å². The molecule has 2 rings (SSSR count). The maximum absolute atomic E-state index is 12.2. The molecule has 1 atom stereocenters. The number of likely N-dealkylation sites (tertiary alicyclic amines) is 1. The van der Waals surface area contributed by atoms with Gasteiger partial charge in [0, 0.05) is 23.5 Å². The van der Waals surface area contributed by atoms with Crippen molar-refractivity contribution in [2.24, 2.45) is 5.92 Å². The Balaban J connectivity index is 1.90. The van der Waals surface area contributed by atoms with E-state index in [2.05, 4.69) is 22.9 Å². The lowest BCUT2D eigenvalue weighted by atomic mass is 9.94. The van der Waals surface area contributed by atoms with Crippen LogP contribution in [0.15, 0.2) is 24.3 Å². The Morgan fingerprint density at radius 1 is 1.42 bits per heavy atom. The van der Waals surface area contributed by atoms with Crippen LogP contribution >= 0.6 is 15.9 Å². The second-order valence-corrected chi connectivity index (χ2v) is 6.65. The molecule has 1 amide bonds. The Morgan fingerprint density at radius 2 is 2.05 bits per heavy atom. The number of amides is 1. The summed E-state index contributed by atoms with van der Waals surface area (Å²) in [6.07, 6.45) is 2.40. The summed E-state index contributed by atoms with van der Waals surface area (Å²) in [4.78, 5) is 14.6. The second-order valence-electron chi connectivity index (χ2n) is 5.20. The number of piperidine rings is 1. The highest BCUT2D eigenvalue weighted by molar-refractivity contribution is 9.09. The Kier molecular flexibility index (Phi) is 4.86. The SMILES string of the molecule is CC(Br)C1CCN(C(=O)Cc2ccccc2O)CC1. The summed E-state index contributed by atoms with van der Waals surface area (Å²) in [6.45, 7) is 3.82. The Bertz CT molecular complexity index is 440. The Morgan fingerprint density at radius 3 is 2.63 bits per heavy atom. The Labute approximate surface area is 122 Å². The average Bonchev–Trinajstić information content (AvgIpc) is 2.41. The zero-order valence-corrected chi connectivity index (χ0v) is 12.8. The number of para-hydroxylation sites is 1. The molecule has 0 aliphatic carbocycles. The fraction of sp³-hybridized carbons (Fsp3) is 0.533. The van der Waals surface area contributed by atoms with Gasteiger partial charge in [-0.3, -0.25) is 4.79 Å². The van der Waals surface area contributed by atoms with Crippen LogP contribution in [-0.4, -0.2) is 33.8 Å². The van der Waals surface area contributed by atoms with Crippen LogP contribution in [0.1, 0.15) is 25.3 Å². The first-order valence-corrected chi connectivity index (χ1v) is 7.68. The summed E-state index contributed by atoms with van der Waals surface area (Å²) in [5, 5.41) is 9.70. The average molecular weight is 326 g/mol. The first kappa shape index (κ1) is 14.4. The van der Waals surface area contributed by atoms with E-state index in [-0.39, 0.29) is 11.7 Å². The molecule has 1 aromatic rings. The summed E-state index contributed by atoms with van der Waals surface area (Å²) in [5.74, 6) is 0.983. The van der Waals surface area contributed by atoms with Crippen LogP contribution in [0.25, 0.3) is 0 Å². The quantitative estimate of drug-likeness (QED) is 0.868. The van der Waals surface area contributed by atoms with E-state index in [9.17, 15) is 9.90 Å². The fourth-order valence-electron chi connectivity index (χ4n) is 2.54. The lowest BCUT2D eigenvalue weighted by Crippen LogP contribution is -2.40. The van der Waals surface area contributed by atoms with Gasteiger partial charge in [-0.05, 0) is 24.8 Å². The van der Waals surface area contributed by atoms with Crippen molar-refractivity contribution in [3.63, 3.8) is 0 Å². The maximum atomic E-state index is 12.2. The number of phenols is 1. The van der Waals surface area contributed by atoms with Gasteiger partial charge in [0.15, 0.2) is 0 Å². The minimum atomic E-state index is 0.113. The van der Waals surface area contributed by atoms with E-state index in [1.165, 1.54) is 0 Å². The van der Waals surface area contributed by atoms with Crippen molar-refractivity contribution < 1.29 is 9.90 Å². The number of carbonyl (C=O) groups is 1. The van der Waals surface area contributed by atoms with Crippen LogP contribution < -0.4 is 0 Å². The molecule has 1 aromatic carbocycles. The smallest absolute Gasteiger partial charge is 0.227 e. The largest absolute Gasteiger partial charge is 0.508 e. The van der Waals surface area contributed by atoms with Crippen LogP contribution in [0, 0.1) is 5.92 Å². The molecule has 3 nitrogen and oxygen atoms in total. The van der Waals surface area contributed by atoms with Crippen LogP contribution in [0.4, 0.5) is 0 Å². The summed E-state index contributed by atoms with van der Waals surface area (Å²) in [5.41, 5.74) is 0.712. The predicted molar refractivity (Wildman–Crippen MR) is 79.5 cm³/mol. The van der Waals surface area contributed by atoms with E-state index < -0.39 is 0 Å². The van der Waals surface area contributed by atoms with Crippen LogP contribution in [-0.2, 0) is 11.2 Å². The molecule has 19 heavy (non-hydrogen) atoms. The predicted octanol–water partition coefficient (Wildman–Crippen LogP) is 2.96. The topological polar surface area (TPSA) is 40.5 Å². The summed E-state index contributed by atoms with van der Waals surface area (Å²) >= 11 is 3.62. The highest BCUT2D eigenvalue weighted by atomic mass is 79.9. The van der Waals surface area contributed by atoms with Gasteiger partial charge in [-0.2, -0.15) is 0 Å². The number of halogens is 1. The van der Waals surface area contributed by atoms with Gasteiger partial charge in [0.05, 0.1) is 6.42 Å². The highest BCUT2D eigenvalue weighted by Gasteiger charge is 2.25. The van der Waals surface area contributed by atoms with Crippen LogP contribution in [0.2, 0.25) is 0 Å². The second kappa shape index (κ2) is 6.42. The van der Waals surface area contributed by atoms with E-state index in [1.54, 1.807) is 18.2 Å². The number of phenolic OH excluding ortho intramolecular Hbond substituents is 1. The van der Waals surface area contributed by atoms with E-state index in [0.717, 1.165) is 25.9 Å². The normalized spacial score (nSPS) is 18.3. The molecule has 1 unspecified atom stereocenters. The van der Waals surface area contributed by atoms with Crippen molar-refractivity contribution in [3.05, 3.63) is 29.8 Å². The monoisotopic (exact) mass is 325 g/mol. The van der Waals surface area contributed by atoms with Crippen LogP contribution in [0.3, 0.4) is 0 Å². The highest BCUT2D eigenvalue weighted by Crippen LogP contribution is 2.25. The number of alkyl halides is 1. The molecular weight excluding hydrogens is 306 g/mol. The third-order valence-corrected chi connectivity index (χ3v) is 4.62. The van der Waals surface area contributed by atoms with Crippen molar-refractivity contribution in [1.82, 2.24) is 4.90 Å². The number of hydrogen-bond donors (Lipinski definition) is 1. The third-order valence-electron chi connectivity index (χ3n) is 3.88. The van der Waals surface area contributed by atoms with Gasteiger partial charge in [0.2, 0.25) is 5.91 Å². The van der Waals surface area contributed by atoms with E-state index in [1.807, 2.05) is 11.0 Å². The molecule has 1 fully saturated rings. The Hall–Kier alpha value is -1.03. The number of rotatable bonds is 3. The number of carbonyl (C=O) groups excluding carboxylic acids is 1. The minimum absolute atomic E-state index is 0.113. The minimum Gasteiger partial charge on any atom is -0.508 e. The maximum Gasteiger partial charge on any atom is 0.227 e. The molecule has 0 spiro atoms. The van der Waals surface area contributed by atoms with E-state index in [0.29, 0.717) is 22.7 Å². The molecule has 1 saturated heterocycles. The van der Waals surface area contributed by atoms with E-state index >= 15 is 0 Å². The van der Waals surface area contributed by atoms with Gasteiger partial charge in [0.25, 0.3) is 0 Å². The zero-order valence-electron chi connectivity index (χ0n) is 11.2. The standard InChI is InChI=1S/C15H20BrNO2/c1-11(16)12-6-8-17(9-7-12)15(19)10-13-4-2-3-5-14(13)18/h2-5,11-12,18H,6-10H2,1H3. The molecule has 1 heterocycles. The van der Waals surface area contributed by atoms with Crippen molar-refractivity contribution in [2.75, 3.05) is 13.1 Å². The molecule has 104 valence electrons. The van der Waals surface area contributed by atoms with Gasteiger partial charge in [0.1, 0.15) is 5.75 Å². The number of nitrogens with zero attached hydrogens (tertiary/aromatic N) is 1.